The molecule has 0 bridgehead atoms. The summed E-state index contributed by atoms with van der Waals surface area (Å²) in [5, 5.41) is 3.57. The molecule has 22 heavy (non-hydrogen) atoms. The van der Waals surface area contributed by atoms with Crippen molar-refractivity contribution in [3.63, 3.8) is 0 Å². The molecule has 2 rings (SSSR count). The number of hydrogen-bond acceptors (Lipinski definition) is 3. The highest BCUT2D eigenvalue weighted by molar-refractivity contribution is 7.17. The van der Waals surface area contributed by atoms with Crippen molar-refractivity contribution in [2.75, 3.05) is 5.32 Å². The molecule has 1 aromatic heterocycles. The van der Waals surface area contributed by atoms with Gasteiger partial charge in [0.05, 0.1) is 5.56 Å². The van der Waals surface area contributed by atoms with Crippen LogP contribution < -0.4 is 11.1 Å². The maximum atomic E-state index is 12.0. The van der Waals surface area contributed by atoms with Crippen LogP contribution in [0.15, 0.2) is 0 Å². The molecule has 0 unspecified atom stereocenters. The van der Waals surface area contributed by atoms with Crippen molar-refractivity contribution in [2.24, 2.45) is 11.7 Å². The van der Waals surface area contributed by atoms with Gasteiger partial charge >= 0.3 is 0 Å². The highest BCUT2D eigenvalue weighted by atomic mass is 32.1. The van der Waals surface area contributed by atoms with Gasteiger partial charge in [-0.3, -0.25) is 9.59 Å². The molecule has 4 nitrogen and oxygen atoms in total. The van der Waals surface area contributed by atoms with Crippen molar-refractivity contribution in [1.82, 2.24) is 0 Å². The Hall–Kier alpha value is -1.36. The van der Waals surface area contributed by atoms with E-state index >= 15 is 0 Å². The molecule has 0 aliphatic heterocycles. The predicted molar refractivity (Wildman–Crippen MR) is 91.4 cm³/mol. The van der Waals surface area contributed by atoms with Crippen LogP contribution >= 0.6 is 11.3 Å². The van der Waals surface area contributed by atoms with Gasteiger partial charge in [-0.15, -0.1) is 11.3 Å². The van der Waals surface area contributed by atoms with E-state index in [0.717, 1.165) is 37.7 Å². The molecule has 122 valence electrons. The van der Waals surface area contributed by atoms with Gasteiger partial charge in [0.15, 0.2) is 0 Å². The summed E-state index contributed by atoms with van der Waals surface area (Å²) < 4.78 is 0. The quantitative estimate of drug-likeness (QED) is 0.799. The number of fused-ring (bicyclic) bond motifs is 1. The highest BCUT2D eigenvalue weighted by Crippen LogP contribution is 2.40. The van der Waals surface area contributed by atoms with Crippen molar-refractivity contribution >= 4 is 28.2 Å². The van der Waals surface area contributed by atoms with E-state index in [1.807, 2.05) is 0 Å². The van der Waals surface area contributed by atoms with E-state index in [2.05, 4.69) is 19.2 Å². The molecular weight excluding hydrogens is 296 g/mol. The minimum atomic E-state index is -0.419. The van der Waals surface area contributed by atoms with Gasteiger partial charge in [0.2, 0.25) is 5.91 Å². The molecule has 5 heteroatoms. The number of anilines is 1. The fourth-order valence-electron chi connectivity index (χ4n) is 3.18. The zero-order valence-electron chi connectivity index (χ0n) is 13.5. The second-order valence-corrected chi connectivity index (χ2v) is 7.23. The molecule has 0 saturated heterocycles. The summed E-state index contributed by atoms with van der Waals surface area (Å²) in [7, 11) is 0. The first kappa shape index (κ1) is 17.0. The standard InChI is InChI=1S/C17H26N2O2S/c1-3-5-7-14(20)19-17-15(16(18)21)12-9-8-11(6-4-2)10-13(12)22-17/h11H,3-10H2,1-2H3,(H2,18,21)(H,19,20)/t11-/m0/s1. The van der Waals surface area contributed by atoms with Crippen LogP contribution in [-0.2, 0) is 17.6 Å². The molecule has 1 aliphatic rings. The lowest BCUT2D eigenvalue weighted by Crippen LogP contribution is -2.19. The number of hydrogen-bond donors (Lipinski definition) is 2. The summed E-state index contributed by atoms with van der Waals surface area (Å²) in [5.41, 5.74) is 7.20. The molecule has 1 aliphatic carbocycles. The van der Waals surface area contributed by atoms with E-state index in [9.17, 15) is 9.59 Å². The van der Waals surface area contributed by atoms with Crippen LogP contribution in [0.4, 0.5) is 5.00 Å². The number of carbonyl (C=O) groups is 2. The van der Waals surface area contributed by atoms with E-state index in [1.54, 1.807) is 11.3 Å². The van der Waals surface area contributed by atoms with E-state index < -0.39 is 5.91 Å². The Kier molecular flexibility index (Phi) is 6.00. The molecule has 0 saturated carbocycles. The minimum absolute atomic E-state index is 0.0203. The topological polar surface area (TPSA) is 72.2 Å². The first-order chi connectivity index (χ1) is 10.6. The molecule has 0 fully saturated rings. The van der Waals surface area contributed by atoms with Crippen molar-refractivity contribution in [1.29, 1.82) is 0 Å². The summed E-state index contributed by atoms with van der Waals surface area (Å²) in [4.78, 5) is 25.0. The number of amides is 2. The molecule has 0 aromatic carbocycles. The van der Waals surface area contributed by atoms with Crippen molar-refractivity contribution in [3.05, 3.63) is 16.0 Å². The Morgan fingerprint density at radius 1 is 1.32 bits per heavy atom. The second-order valence-electron chi connectivity index (χ2n) is 6.12. The Labute approximate surface area is 136 Å². The van der Waals surface area contributed by atoms with E-state index in [-0.39, 0.29) is 5.91 Å². The third kappa shape index (κ3) is 3.88. The Balaban J connectivity index is 2.20. The summed E-state index contributed by atoms with van der Waals surface area (Å²) in [6.45, 7) is 4.26. The van der Waals surface area contributed by atoms with Crippen LogP contribution in [0, 0.1) is 5.92 Å². The van der Waals surface area contributed by atoms with Gasteiger partial charge in [0.25, 0.3) is 5.91 Å². The van der Waals surface area contributed by atoms with E-state index in [0.29, 0.717) is 22.9 Å². The first-order valence-electron chi connectivity index (χ1n) is 8.30. The van der Waals surface area contributed by atoms with Crippen molar-refractivity contribution in [3.8, 4) is 0 Å². The van der Waals surface area contributed by atoms with Crippen LogP contribution in [0.2, 0.25) is 0 Å². The summed E-state index contributed by atoms with van der Waals surface area (Å²) >= 11 is 1.55. The van der Waals surface area contributed by atoms with Crippen LogP contribution in [0.1, 0.15) is 73.2 Å². The normalized spacial score (nSPS) is 17.1. The Bertz CT molecular complexity index is 551. The van der Waals surface area contributed by atoms with Crippen LogP contribution in [0.3, 0.4) is 0 Å². The van der Waals surface area contributed by atoms with Gasteiger partial charge in [0.1, 0.15) is 5.00 Å². The fraction of sp³-hybridized carbons (Fsp3) is 0.647. The highest BCUT2D eigenvalue weighted by Gasteiger charge is 2.28. The van der Waals surface area contributed by atoms with Gasteiger partial charge in [-0.05, 0) is 37.2 Å². The third-order valence-electron chi connectivity index (χ3n) is 4.32. The molecule has 0 radical (unpaired) electrons. The smallest absolute Gasteiger partial charge is 0.251 e. The van der Waals surface area contributed by atoms with Gasteiger partial charge in [0, 0.05) is 11.3 Å². The van der Waals surface area contributed by atoms with Gasteiger partial charge < -0.3 is 11.1 Å². The second kappa shape index (κ2) is 7.77. The van der Waals surface area contributed by atoms with Crippen LogP contribution in [0.5, 0.6) is 0 Å². The molecule has 3 N–H and O–H groups in total. The molecule has 1 aromatic rings. The van der Waals surface area contributed by atoms with Gasteiger partial charge in [-0.25, -0.2) is 0 Å². The van der Waals surface area contributed by atoms with E-state index in [4.69, 9.17) is 5.73 Å². The zero-order valence-corrected chi connectivity index (χ0v) is 14.4. The lowest BCUT2D eigenvalue weighted by molar-refractivity contribution is -0.116. The maximum Gasteiger partial charge on any atom is 0.251 e. The minimum Gasteiger partial charge on any atom is -0.365 e. The average molecular weight is 322 g/mol. The summed E-state index contributed by atoms with van der Waals surface area (Å²) in [5.74, 6) is 0.255. The maximum absolute atomic E-state index is 12.0. The fourth-order valence-corrected chi connectivity index (χ4v) is 4.57. The number of thiophene rings is 1. The first-order valence-corrected chi connectivity index (χ1v) is 9.12. The number of nitrogens with one attached hydrogen (secondary N) is 1. The summed E-state index contributed by atoms with van der Waals surface area (Å²) in [6.07, 6.45) is 7.78. The SMILES string of the molecule is CCCCC(=O)Nc1sc2c(c1C(N)=O)CC[C@H](CCC)C2. The van der Waals surface area contributed by atoms with Crippen LogP contribution in [-0.4, -0.2) is 11.8 Å². The number of nitrogens with two attached hydrogens (primary N) is 1. The largest absolute Gasteiger partial charge is 0.365 e. The van der Waals surface area contributed by atoms with Crippen LogP contribution in [0.25, 0.3) is 0 Å². The van der Waals surface area contributed by atoms with Gasteiger partial charge in [-0.2, -0.15) is 0 Å². The van der Waals surface area contributed by atoms with Crippen molar-refractivity contribution in [2.45, 2.75) is 65.2 Å². The molecule has 2 amide bonds. The predicted octanol–water partition coefficient (Wildman–Crippen LogP) is 3.88. The average Bonchev–Trinajstić information content (AvgIpc) is 2.82. The number of unbranched alkanes of at least 4 members (excludes halogenated alkanes) is 1. The number of carbonyl (C=O) groups excluding carboxylic acids is 2. The van der Waals surface area contributed by atoms with Gasteiger partial charge in [-0.1, -0.05) is 33.1 Å². The molecule has 0 spiro atoms. The Morgan fingerprint density at radius 3 is 2.73 bits per heavy atom. The summed E-state index contributed by atoms with van der Waals surface area (Å²) in [6, 6.07) is 0. The lowest BCUT2D eigenvalue weighted by atomic mass is 9.84. The Morgan fingerprint density at radius 2 is 2.09 bits per heavy atom. The monoisotopic (exact) mass is 322 g/mol. The van der Waals surface area contributed by atoms with Crippen molar-refractivity contribution < 1.29 is 9.59 Å². The number of primary amides is 1. The van der Waals surface area contributed by atoms with E-state index in [1.165, 1.54) is 17.7 Å². The zero-order chi connectivity index (χ0) is 16.1. The number of rotatable bonds is 7. The molecule has 1 heterocycles. The molecular formula is C17H26N2O2S. The lowest BCUT2D eigenvalue weighted by Gasteiger charge is -2.21. The molecule has 1 atom stereocenters. The third-order valence-corrected chi connectivity index (χ3v) is 5.49.